The molecule has 0 fully saturated rings. The molecule has 2 rings (SSSR count). The lowest BCUT2D eigenvalue weighted by Crippen LogP contribution is -2.17. The molecule has 0 saturated carbocycles. The Morgan fingerprint density at radius 1 is 1.10 bits per heavy atom. The Balaban J connectivity index is 2.05. The van der Waals surface area contributed by atoms with Crippen molar-refractivity contribution in [2.24, 2.45) is 5.73 Å². The molecule has 0 aromatic heterocycles. The first-order valence-corrected chi connectivity index (χ1v) is 7.66. The maximum atomic E-state index is 6.19. The van der Waals surface area contributed by atoms with Crippen LogP contribution in [0, 0.1) is 0 Å². The predicted octanol–water partition coefficient (Wildman–Crippen LogP) is 4.19. The molecule has 2 nitrogen and oxygen atoms in total. The number of benzene rings is 2. The lowest BCUT2D eigenvalue weighted by Gasteiger charge is -2.18. The molecule has 106 valence electrons. The first-order chi connectivity index (χ1) is 9.60. The predicted molar refractivity (Wildman–Crippen MR) is 88.7 cm³/mol. The van der Waals surface area contributed by atoms with Crippen LogP contribution in [0.4, 0.5) is 0 Å². The molecule has 0 radical (unpaired) electrons. The Hall–Kier alpha value is -0.870. The second-order valence-electron chi connectivity index (χ2n) is 4.89. The zero-order valence-corrected chi connectivity index (χ0v) is 13.8. The highest BCUT2D eigenvalue weighted by Gasteiger charge is 2.07. The van der Waals surface area contributed by atoms with Gasteiger partial charge in [0, 0.05) is 29.1 Å². The normalized spacial score (nSPS) is 11.1. The highest BCUT2D eigenvalue weighted by molar-refractivity contribution is 9.10. The summed E-state index contributed by atoms with van der Waals surface area (Å²) in [5.41, 5.74) is 9.17. The third-order valence-electron chi connectivity index (χ3n) is 3.19. The second kappa shape index (κ2) is 7.23. The summed E-state index contributed by atoms with van der Waals surface area (Å²) in [4.78, 5) is 2.24. The van der Waals surface area contributed by atoms with E-state index in [9.17, 15) is 0 Å². The molecule has 2 N–H and O–H groups in total. The summed E-state index contributed by atoms with van der Waals surface area (Å²) in [5, 5.41) is 0.817. The van der Waals surface area contributed by atoms with Gasteiger partial charge in [-0.3, -0.25) is 4.90 Å². The zero-order chi connectivity index (χ0) is 14.5. The second-order valence-corrected chi connectivity index (χ2v) is 6.16. The highest BCUT2D eigenvalue weighted by Crippen LogP contribution is 2.22. The van der Waals surface area contributed by atoms with E-state index in [1.807, 2.05) is 18.2 Å². The van der Waals surface area contributed by atoms with Crippen LogP contribution in [-0.4, -0.2) is 11.9 Å². The van der Waals surface area contributed by atoms with Crippen molar-refractivity contribution in [3.63, 3.8) is 0 Å². The minimum absolute atomic E-state index is 0.564. The number of hydrogen-bond donors (Lipinski definition) is 1. The molecule has 0 spiro atoms. The summed E-state index contributed by atoms with van der Waals surface area (Å²) in [5.74, 6) is 0. The maximum absolute atomic E-state index is 6.19. The standard InChI is InChI=1S/C16H18BrClN2/c1-20(11-14-4-2-3-5-16(14)18)10-13-7-6-12(9-19)8-15(13)17/h2-8H,9-11,19H2,1H3. The van der Waals surface area contributed by atoms with E-state index in [-0.39, 0.29) is 0 Å². The van der Waals surface area contributed by atoms with Gasteiger partial charge in [-0.25, -0.2) is 0 Å². The van der Waals surface area contributed by atoms with E-state index in [0.717, 1.165) is 33.7 Å². The Morgan fingerprint density at radius 3 is 2.45 bits per heavy atom. The van der Waals surface area contributed by atoms with Gasteiger partial charge in [-0.1, -0.05) is 57.9 Å². The van der Waals surface area contributed by atoms with Gasteiger partial charge in [0.2, 0.25) is 0 Å². The quantitative estimate of drug-likeness (QED) is 0.873. The average Bonchev–Trinajstić information content (AvgIpc) is 2.43. The van der Waals surface area contributed by atoms with Gasteiger partial charge in [0.15, 0.2) is 0 Å². The van der Waals surface area contributed by atoms with Crippen molar-refractivity contribution < 1.29 is 0 Å². The molecule has 0 amide bonds. The molecule has 0 aliphatic rings. The van der Waals surface area contributed by atoms with E-state index >= 15 is 0 Å². The van der Waals surface area contributed by atoms with Crippen molar-refractivity contribution in [1.82, 2.24) is 4.90 Å². The van der Waals surface area contributed by atoms with E-state index in [1.165, 1.54) is 5.56 Å². The minimum atomic E-state index is 0.564. The summed E-state index contributed by atoms with van der Waals surface area (Å²) in [7, 11) is 2.09. The summed E-state index contributed by atoms with van der Waals surface area (Å²) < 4.78 is 1.10. The van der Waals surface area contributed by atoms with Crippen LogP contribution in [0.25, 0.3) is 0 Å². The van der Waals surface area contributed by atoms with Crippen molar-refractivity contribution in [3.05, 3.63) is 68.7 Å². The largest absolute Gasteiger partial charge is 0.326 e. The van der Waals surface area contributed by atoms with E-state index in [1.54, 1.807) is 0 Å². The van der Waals surface area contributed by atoms with Gasteiger partial charge >= 0.3 is 0 Å². The van der Waals surface area contributed by atoms with E-state index in [4.69, 9.17) is 17.3 Å². The van der Waals surface area contributed by atoms with Crippen molar-refractivity contribution >= 4 is 27.5 Å². The number of nitrogens with two attached hydrogens (primary N) is 1. The molecular formula is C16H18BrClN2. The molecule has 20 heavy (non-hydrogen) atoms. The molecule has 0 heterocycles. The van der Waals surface area contributed by atoms with E-state index in [2.05, 4.69) is 52.1 Å². The molecular weight excluding hydrogens is 336 g/mol. The molecule has 0 aliphatic carbocycles. The van der Waals surface area contributed by atoms with Gasteiger partial charge < -0.3 is 5.73 Å². The van der Waals surface area contributed by atoms with Crippen LogP contribution in [0.15, 0.2) is 46.9 Å². The summed E-state index contributed by atoms with van der Waals surface area (Å²) in [6.07, 6.45) is 0. The van der Waals surface area contributed by atoms with Gasteiger partial charge in [0.05, 0.1) is 0 Å². The summed E-state index contributed by atoms with van der Waals surface area (Å²) >= 11 is 9.80. The molecule has 0 aliphatic heterocycles. The van der Waals surface area contributed by atoms with Crippen molar-refractivity contribution in [2.75, 3.05) is 7.05 Å². The fourth-order valence-corrected chi connectivity index (χ4v) is 2.86. The number of nitrogens with zero attached hydrogens (tertiary/aromatic N) is 1. The number of rotatable bonds is 5. The molecule has 4 heteroatoms. The van der Waals surface area contributed by atoms with Crippen molar-refractivity contribution in [2.45, 2.75) is 19.6 Å². The Morgan fingerprint density at radius 2 is 1.80 bits per heavy atom. The van der Waals surface area contributed by atoms with Crippen LogP contribution < -0.4 is 5.73 Å². The van der Waals surface area contributed by atoms with E-state index in [0.29, 0.717) is 6.54 Å². The van der Waals surface area contributed by atoms with Crippen LogP contribution in [0.2, 0.25) is 5.02 Å². The van der Waals surface area contributed by atoms with Crippen LogP contribution in [0.1, 0.15) is 16.7 Å². The number of hydrogen-bond acceptors (Lipinski definition) is 2. The fourth-order valence-electron chi connectivity index (χ4n) is 2.11. The molecule has 0 bridgehead atoms. The Labute approximate surface area is 133 Å². The molecule has 0 unspecified atom stereocenters. The average molecular weight is 354 g/mol. The van der Waals surface area contributed by atoms with Crippen molar-refractivity contribution in [3.8, 4) is 0 Å². The maximum Gasteiger partial charge on any atom is 0.0451 e. The van der Waals surface area contributed by atoms with Gasteiger partial charge in [-0.2, -0.15) is 0 Å². The van der Waals surface area contributed by atoms with Crippen LogP contribution in [-0.2, 0) is 19.6 Å². The van der Waals surface area contributed by atoms with Crippen LogP contribution >= 0.6 is 27.5 Å². The first kappa shape index (κ1) is 15.5. The van der Waals surface area contributed by atoms with Crippen LogP contribution in [0.3, 0.4) is 0 Å². The first-order valence-electron chi connectivity index (χ1n) is 6.49. The molecule has 2 aromatic carbocycles. The zero-order valence-electron chi connectivity index (χ0n) is 11.4. The van der Waals surface area contributed by atoms with Crippen LogP contribution in [0.5, 0.6) is 0 Å². The van der Waals surface area contributed by atoms with Gasteiger partial charge in [-0.15, -0.1) is 0 Å². The minimum Gasteiger partial charge on any atom is -0.326 e. The monoisotopic (exact) mass is 352 g/mol. The fraction of sp³-hybridized carbons (Fsp3) is 0.250. The lowest BCUT2D eigenvalue weighted by molar-refractivity contribution is 0.318. The molecule has 0 saturated heterocycles. The lowest BCUT2D eigenvalue weighted by atomic mass is 10.1. The highest BCUT2D eigenvalue weighted by atomic mass is 79.9. The molecule has 2 aromatic rings. The van der Waals surface area contributed by atoms with Gasteiger partial charge in [-0.05, 0) is 35.9 Å². The summed E-state index contributed by atoms with van der Waals surface area (Å²) in [6, 6.07) is 14.2. The molecule has 0 atom stereocenters. The Kier molecular flexibility index (Phi) is 5.61. The Bertz CT molecular complexity index is 586. The SMILES string of the molecule is CN(Cc1ccccc1Cl)Cc1ccc(CN)cc1Br. The van der Waals surface area contributed by atoms with Gasteiger partial charge in [0.1, 0.15) is 0 Å². The summed E-state index contributed by atoms with van der Waals surface area (Å²) in [6.45, 7) is 2.25. The van der Waals surface area contributed by atoms with Crippen molar-refractivity contribution in [1.29, 1.82) is 0 Å². The topological polar surface area (TPSA) is 29.3 Å². The third kappa shape index (κ3) is 4.06. The smallest absolute Gasteiger partial charge is 0.0451 e. The van der Waals surface area contributed by atoms with E-state index < -0.39 is 0 Å². The third-order valence-corrected chi connectivity index (χ3v) is 4.30. The van der Waals surface area contributed by atoms with Gasteiger partial charge in [0.25, 0.3) is 0 Å². The number of halogens is 2.